The molecule has 212 valence electrons. The molecule has 0 saturated carbocycles. The Labute approximate surface area is 234 Å². The Morgan fingerprint density at radius 1 is 0.950 bits per heavy atom. The van der Waals surface area contributed by atoms with E-state index in [-0.39, 0.29) is 34.8 Å². The number of aryl methyl sites for hydroxylation is 1. The standard InChI is InChI=1S/C29H34N4O6S/c1-5-27(29(35)30-21(2)3)31(19-23-12-10-9-11-22(23)4)28(34)20-32(24-15-17-25(18-16-24)33(36)37)40(38,39)26-13-7-6-8-14-26/h6-18,21,27H,5,19-20H2,1-4H3,(H,30,35)/t27-/m0/s1. The van der Waals surface area contributed by atoms with E-state index in [4.69, 9.17) is 0 Å². The van der Waals surface area contributed by atoms with Crippen molar-refractivity contribution in [1.29, 1.82) is 0 Å². The molecule has 0 unspecified atom stereocenters. The van der Waals surface area contributed by atoms with Crippen LogP contribution in [-0.2, 0) is 26.2 Å². The third kappa shape index (κ3) is 7.23. The topological polar surface area (TPSA) is 130 Å². The first kappa shape index (κ1) is 30.3. The van der Waals surface area contributed by atoms with Gasteiger partial charge in [-0.05, 0) is 62.6 Å². The third-order valence-corrected chi connectivity index (χ3v) is 8.17. The maximum absolute atomic E-state index is 14.0. The molecule has 0 aliphatic carbocycles. The third-order valence-electron chi connectivity index (χ3n) is 6.38. The van der Waals surface area contributed by atoms with Gasteiger partial charge in [0.2, 0.25) is 11.8 Å². The lowest BCUT2D eigenvalue weighted by atomic mass is 10.1. The SMILES string of the molecule is CC[C@@H](C(=O)NC(C)C)N(Cc1ccccc1C)C(=O)CN(c1ccc([N+](=O)[O-])cc1)S(=O)(=O)c1ccccc1. The molecule has 3 aromatic rings. The van der Waals surface area contributed by atoms with Gasteiger partial charge in [0.25, 0.3) is 15.7 Å². The van der Waals surface area contributed by atoms with Crippen LogP contribution < -0.4 is 9.62 Å². The Morgan fingerprint density at radius 3 is 2.10 bits per heavy atom. The van der Waals surface area contributed by atoms with Crippen molar-refractivity contribution in [2.45, 2.75) is 57.6 Å². The highest BCUT2D eigenvalue weighted by molar-refractivity contribution is 7.92. The van der Waals surface area contributed by atoms with Gasteiger partial charge in [-0.15, -0.1) is 0 Å². The Balaban J connectivity index is 2.08. The molecule has 40 heavy (non-hydrogen) atoms. The number of hydrogen-bond donors (Lipinski definition) is 1. The number of nitro benzene ring substituents is 1. The summed E-state index contributed by atoms with van der Waals surface area (Å²) in [7, 11) is -4.25. The van der Waals surface area contributed by atoms with E-state index < -0.39 is 33.4 Å². The first-order valence-corrected chi connectivity index (χ1v) is 14.4. The molecular weight excluding hydrogens is 532 g/mol. The minimum Gasteiger partial charge on any atom is -0.352 e. The number of nitrogens with one attached hydrogen (secondary N) is 1. The van der Waals surface area contributed by atoms with Crippen molar-refractivity contribution in [3.63, 3.8) is 0 Å². The number of carbonyl (C=O) groups excluding carboxylic acids is 2. The van der Waals surface area contributed by atoms with Crippen molar-refractivity contribution in [3.8, 4) is 0 Å². The molecule has 0 fully saturated rings. The van der Waals surface area contributed by atoms with Gasteiger partial charge in [-0.2, -0.15) is 0 Å². The first-order valence-electron chi connectivity index (χ1n) is 12.9. The monoisotopic (exact) mass is 566 g/mol. The smallest absolute Gasteiger partial charge is 0.269 e. The fraction of sp³-hybridized carbons (Fsp3) is 0.310. The van der Waals surface area contributed by atoms with E-state index in [1.807, 2.05) is 45.0 Å². The number of sulfonamides is 1. The molecule has 10 nitrogen and oxygen atoms in total. The molecule has 0 aliphatic rings. The van der Waals surface area contributed by atoms with Crippen LogP contribution in [0.1, 0.15) is 38.3 Å². The van der Waals surface area contributed by atoms with Crippen molar-refractivity contribution < 1.29 is 22.9 Å². The normalized spacial score (nSPS) is 12.0. The van der Waals surface area contributed by atoms with Crippen LogP contribution in [0.4, 0.5) is 11.4 Å². The van der Waals surface area contributed by atoms with Crippen LogP contribution >= 0.6 is 0 Å². The second-order valence-corrected chi connectivity index (χ2v) is 11.5. The maximum atomic E-state index is 14.0. The molecule has 3 rings (SSSR count). The first-order chi connectivity index (χ1) is 18.9. The second-order valence-electron chi connectivity index (χ2n) is 9.63. The molecule has 0 aromatic heterocycles. The zero-order valence-electron chi connectivity index (χ0n) is 23.0. The second kappa shape index (κ2) is 13.2. The van der Waals surface area contributed by atoms with Crippen LogP contribution in [0.5, 0.6) is 0 Å². The predicted octanol–water partition coefficient (Wildman–Crippen LogP) is 4.43. The number of amides is 2. The Kier molecular flexibility index (Phi) is 10.0. The van der Waals surface area contributed by atoms with Crippen molar-refractivity contribution in [3.05, 3.63) is 100 Å². The summed E-state index contributed by atoms with van der Waals surface area (Å²) in [6, 6.07) is 19.0. The van der Waals surface area contributed by atoms with Gasteiger partial charge in [-0.25, -0.2) is 8.42 Å². The number of non-ortho nitro benzene ring substituents is 1. The van der Waals surface area contributed by atoms with Gasteiger partial charge < -0.3 is 10.2 Å². The van der Waals surface area contributed by atoms with Gasteiger partial charge >= 0.3 is 0 Å². The summed E-state index contributed by atoms with van der Waals surface area (Å²) in [6.07, 6.45) is 0.305. The van der Waals surface area contributed by atoms with E-state index in [9.17, 15) is 28.1 Å². The van der Waals surface area contributed by atoms with Gasteiger partial charge in [0.1, 0.15) is 12.6 Å². The summed E-state index contributed by atoms with van der Waals surface area (Å²) in [6.45, 7) is 6.80. The van der Waals surface area contributed by atoms with Gasteiger partial charge in [0.15, 0.2) is 0 Å². The quantitative estimate of drug-likeness (QED) is 0.255. The molecule has 0 aliphatic heterocycles. The van der Waals surface area contributed by atoms with Crippen LogP contribution in [-0.4, -0.2) is 48.7 Å². The van der Waals surface area contributed by atoms with Crippen LogP contribution in [0, 0.1) is 17.0 Å². The summed E-state index contributed by atoms with van der Waals surface area (Å²) in [5.74, 6) is -0.931. The lowest BCUT2D eigenvalue weighted by Crippen LogP contribution is -2.53. The van der Waals surface area contributed by atoms with Gasteiger partial charge in [-0.1, -0.05) is 49.4 Å². The van der Waals surface area contributed by atoms with Crippen molar-refractivity contribution in [2.75, 3.05) is 10.8 Å². The molecule has 0 spiro atoms. The van der Waals surface area contributed by atoms with Crippen LogP contribution in [0.25, 0.3) is 0 Å². The zero-order valence-corrected chi connectivity index (χ0v) is 23.8. The average molecular weight is 567 g/mol. The highest BCUT2D eigenvalue weighted by Gasteiger charge is 2.34. The number of hydrogen-bond acceptors (Lipinski definition) is 6. The lowest BCUT2D eigenvalue weighted by molar-refractivity contribution is -0.384. The van der Waals surface area contributed by atoms with E-state index in [1.54, 1.807) is 25.1 Å². The Bertz CT molecular complexity index is 1440. The number of carbonyl (C=O) groups is 2. The van der Waals surface area contributed by atoms with Crippen molar-refractivity contribution >= 4 is 33.2 Å². The molecule has 3 aromatic carbocycles. The minimum absolute atomic E-state index is 0.0452. The number of rotatable bonds is 12. The Hall–Kier alpha value is -4.25. The molecule has 0 heterocycles. The molecule has 11 heteroatoms. The van der Waals surface area contributed by atoms with E-state index in [1.165, 1.54) is 41.3 Å². The average Bonchev–Trinajstić information content (AvgIpc) is 2.92. The predicted molar refractivity (Wildman–Crippen MR) is 153 cm³/mol. The number of nitro groups is 1. The number of anilines is 1. The summed E-state index contributed by atoms with van der Waals surface area (Å²) < 4.78 is 28.5. The molecule has 0 radical (unpaired) electrons. The molecule has 0 saturated heterocycles. The van der Waals surface area contributed by atoms with Gasteiger partial charge in [0, 0.05) is 24.7 Å². The molecule has 1 atom stereocenters. The van der Waals surface area contributed by atoms with E-state index in [0.717, 1.165) is 15.4 Å². The number of nitrogens with zero attached hydrogens (tertiary/aromatic N) is 3. The largest absolute Gasteiger partial charge is 0.352 e. The lowest BCUT2D eigenvalue weighted by Gasteiger charge is -2.34. The molecule has 1 N–H and O–H groups in total. The summed E-state index contributed by atoms with van der Waals surface area (Å²) in [5, 5.41) is 14.1. The fourth-order valence-corrected chi connectivity index (χ4v) is 5.70. The molecule has 0 bridgehead atoms. The summed E-state index contributed by atoms with van der Waals surface area (Å²) in [4.78, 5) is 39.2. The van der Waals surface area contributed by atoms with E-state index in [0.29, 0.717) is 6.42 Å². The number of benzene rings is 3. The Morgan fingerprint density at radius 2 is 1.55 bits per heavy atom. The van der Waals surface area contributed by atoms with Crippen molar-refractivity contribution in [1.82, 2.24) is 10.2 Å². The van der Waals surface area contributed by atoms with Crippen molar-refractivity contribution in [2.24, 2.45) is 0 Å². The van der Waals surface area contributed by atoms with Crippen LogP contribution in [0.15, 0.2) is 83.8 Å². The van der Waals surface area contributed by atoms with E-state index in [2.05, 4.69) is 5.32 Å². The summed E-state index contributed by atoms with van der Waals surface area (Å²) in [5.41, 5.74) is 1.60. The van der Waals surface area contributed by atoms with Gasteiger partial charge in [0.05, 0.1) is 15.5 Å². The highest BCUT2D eigenvalue weighted by Crippen LogP contribution is 2.27. The molecular formula is C29H34N4O6S. The van der Waals surface area contributed by atoms with Crippen LogP contribution in [0.3, 0.4) is 0 Å². The fourth-order valence-electron chi connectivity index (χ4n) is 4.26. The molecule has 2 amide bonds. The van der Waals surface area contributed by atoms with E-state index >= 15 is 0 Å². The maximum Gasteiger partial charge on any atom is 0.269 e. The highest BCUT2D eigenvalue weighted by atomic mass is 32.2. The zero-order chi connectivity index (χ0) is 29.4. The van der Waals surface area contributed by atoms with Gasteiger partial charge in [-0.3, -0.25) is 24.0 Å². The summed E-state index contributed by atoms with van der Waals surface area (Å²) >= 11 is 0. The minimum atomic E-state index is -4.25. The van der Waals surface area contributed by atoms with Crippen LogP contribution in [0.2, 0.25) is 0 Å².